The average molecular weight is 327 g/mol. The van der Waals surface area contributed by atoms with Crippen LogP contribution in [0.15, 0.2) is 36.7 Å². The van der Waals surface area contributed by atoms with Crippen molar-refractivity contribution < 1.29 is 19.5 Å². The van der Waals surface area contributed by atoms with Gasteiger partial charge in [0, 0.05) is 24.4 Å². The first-order chi connectivity index (χ1) is 11.7. The minimum Gasteiger partial charge on any atom is -0.493 e. The van der Waals surface area contributed by atoms with Gasteiger partial charge in [0.2, 0.25) is 0 Å². The van der Waals surface area contributed by atoms with Crippen LogP contribution in [0, 0.1) is 0 Å². The van der Waals surface area contributed by atoms with Gasteiger partial charge < -0.3 is 9.84 Å². The number of hydrogen-bond donors (Lipinski definition) is 2. The summed E-state index contributed by atoms with van der Waals surface area (Å²) in [5.74, 6) is 0.312. The summed E-state index contributed by atoms with van der Waals surface area (Å²) in [5.41, 5.74) is 5.76. The molecule has 2 N–H and O–H groups in total. The van der Waals surface area contributed by atoms with Crippen molar-refractivity contribution in [3.8, 4) is 5.75 Å². The summed E-state index contributed by atoms with van der Waals surface area (Å²) in [7, 11) is 0. The molecule has 2 aromatic rings. The van der Waals surface area contributed by atoms with Gasteiger partial charge in [0.05, 0.1) is 12.3 Å². The van der Waals surface area contributed by atoms with Crippen LogP contribution in [0.4, 0.5) is 0 Å². The molecule has 1 atom stereocenters. The SMILES string of the molecule is O=C(O)C1ONC2=CCCc3cc(ccc32)OCCc2nccn21. The molecular weight excluding hydrogens is 310 g/mol. The van der Waals surface area contributed by atoms with Crippen molar-refractivity contribution in [2.75, 3.05) is 6.61 Å². The molecule has 7 heteroatoms. The van der Waals surface area contributed by atoms with Gasteiger partial charge in [0.1, 0.15) is 11.6 Å². The summed E-state index contributed by atoms with van der Waals surface area (Å²) in [6.45, 7) is 0.415. The Balaban J connectivity index is 1.74. The van der Waals surface area contributed by atoms with Crippen molar-refractivity contribution in [3.05, 3.63) is 53.6 Å². The zero-order valence-electron chi connectivity index (χ0n) is 12.9. The van der Waals surface area contributed by atoms with E-state index in [1.54, 1.807) is 12.4 Å². The molecule has 1 aromatic carbocycles. The minimum atomic E-state index is -1.20. The summed E-state index contributed by atoms with van der Waals surface area (Å²) in [5, 5.41) is 9.52. The maximum absolute atomic E-state index is 11.6. The minimum absolute atomic E-state index is 0.415. The molecule has 1 unspecified atom stereocenters. The van der Waals surface area contributed by atoms with E-state index in [0.29, 0.717) is 18.9 Å². The lowest BCUT2D eigenvalue weighted by Gasteiger charge is -2.22. The van der Waals surface area contributed by atoms with Gasteiger partial charge in [0.15, 0.2) is 0 Å². The number of fused-ring (bicyclic) bond motifs is 5. The Morgan fingerprint density at radius 3 is 3.17 bits per heavy atom. The zero-order chi connectivity index (χ0) is 16.5. The largest absolute Gasteiger partial charge is 0.493 e. The number of aliphatic carboxylic acids is 1. The van der Waals surface area contributed by atoms with Crippen LogP contribution >= 0.6 is 0 Å². The third-order valence-electron chi connectivity index (χ3n) is 4.22. The maximum Gasteiger partial charge on any atom is 0.357 e. The molecule has 4 bridgehead atoms. The van der Waals surface area contributed by atoms with Crippen LogP contribution in [0.2, 0.25) is 0 Å². The molecule has 0 fully saturated rings. The number of imidazole rings is 1. The second-order valence-corrected chi connectivity index (χ2v) is 5.74. The van der Waals surface area contributed by atoms with Crippen LogP contribution in [-0.4, -0.2) is 27.2 Å². The predicted octanol–water partition coefficient (Wildman–Crippen LogP) is 1.91. The molecule has 124 valence electrons. The highest BCUT2D eigenvalue weighted by atomic mass is 16.7. The third kappa shape index (κ3) is 2.63. The number of allylic oxidation sites excluding steroid dienone is 1. The lowest BCUT2D eigenvalue weighted by atomic mass is 9.95. The van der Waals surface area contributed by atoms with E-state index in [4.69, 9.17) is 9.57 Å². The topological polar surface area (TPSA) is 85.6 Å². The average Bonchev–Trinajstić information content (AvgIpc) is 3.02. The molecule has 2 aliphatic heterocycles. The van der Waals surface area contributed by atoms with Gasteiger partial charge in [-0.25, -0.2) is 14.6 Å². The number of benzene rings is 1. The fourth-order valence-electron chi connectivity index (χ4n) is 3.06. The smallest absolute Gasteiger partial charge is 0.357 e. The van der Waals surface area contributed by atoms with E-state index in [2.05, 4.69) is 10.5 Å². The fraction of sp³-hybridized carbons (Fsp3) is 0.294. The second kappa shape index (κ2) is 6.01. The first-order valence-electron chi connectivity index (χ1n) is 7.85. The van der Waals surface area contributed by atoms with E-state index in [0.717, 1.165) is 35.4 Å². The highest BCUT2D eigenvalue weighted by molar-refractivity contribution is 5.71. The molecule has 24 heavy (non-hydrogen) atoms. The molecule has 0 saturated heterocycles. The summed E-state index contributed by atoms with van der Waals surface area (Å²) in [6, 6.07) is 5.92. The van der Waals surface area contributed by atoms with Crippen molar-refractivity contribution in [3.63, 3.8) is 0 Å². The molecule has 0 radical (unpaired) electrons. The Hall–Kier alpha value is -2.80. The van der Waals surface area contributed by atoms with E-state index in [1.165, 1.54) is 4.57 Å². The normalized spacial score (nSPS) is 19.7. The number of rotatable bonds is 1. The van der Waals surface area contributed by atoms with Crippen LogP contribution in [0.3, 0.4) is 0 Å². The van der Waals surface area contributed by atoms with Gasteiger partial charge in [-0.05, 0) is 36.6 Å². The fourth-order valence-corrected chi connectivity index (χ4v) is 3.06. The van der Waals surface area contributed by atoms with Gasteiger partial charge in [-0.2, -0.15) is 0 Å². The van der Waals surface area contributed by atoms with Crippen LogP contribution in [0.1, 0.15) is 29.6 Å². The lowest BCUT2D eigenvalue weighted by Crippen LogP contribution is -2.29. The van der Waals surface area contributed by atoms with E-state index >= 15 is 0 Å². The van der Waals surface area contributed by atoms with Gasteiger partial charge in [-0.3, -0.25) is 10.0 Å². The van der Waals surface area contributed by atoms with Crippen LogP contribution < -0.4 is 10.2 Å². The van der Waals surface area contributed by atoms with Gasteiger partial charge in [-0.1, -0.05) is 6.08 Å². The monoisotopic (exact) mass is 327 g/mol. The molecule has 0 saturated carbocycles. The van der Waals surface area contributed by atoms with E-state index in [-0.39, 0.29) is 0 Å². The number of hydrogen-bond acceptors (Lipinski definition) is 5. The van der Waals surface area contributed by atoms with Crippen LogP contribution in [0.25, 0.3) is 5.70 Å². The van der Waals surface area contributed by atoms with Gasteiger partial charge in [0.25, 0.3) is 6.23 Å². The van der Waals surface area contributed by atoms with Gasteiger partial charge in [-0.15, -0.1) is 0 Å². The molecule has 5 rings (SSSR count). The molecule has 3 aliphatic rings. The Bertz CT molecular complexity index is 812. The number of carboxylic acids is 1. The highest BCUT2D eigenvalue weighted by Gasteiger charge is 2.25. The molecule has 1 aromatic heterocycles. The molecular formula is C17H17N3O4. The molecule has 1 aliphatic carbocycles. The van der Waals surface area contributed by atoms with Crippen LogP contribution in [-0.2, 0) is 22.5 Å². The number of nitrogens with one attached hydrogen (secondary N) is 1. The first-order valence-corrected chi connectivity index (χ1v) is 7.85. The van der Waals surface area contributed by atoms with E-state index in [9.17, 15) is 9.90 Å². The number of carboxylic acid groups (broad SMARTS) is 1. The standard InChI is InChI=1S/C17H17N3O4/c21-17(22)16-20-8-7-18-15(20)6-9-23-12-4-5-13-11(10-12)2-1-3-14(13)19-24-16/h3-5,7-8,10,16,19H,1-2,6,9H2,(H,21,22). The summed E-state index contributed by atoms with van der Waals surface area (Å²) in [6.07, 6.45) is 6.23. The molecule has 7 nitrogen and oxygen atoms in total. The summed E-state index contributed by atoms with van der Waals surface area (Å²) < 4.78 is 7.31. The number of aryl methyl sites for hydroxylation is 1. The molecule has 3 heterocycles. The van der Waals surface area contributed by atoms with Crippen molar-refractivity contribution >= 4 is 11.7 Å². The van der Waals surface area contributed by atoms with Crippen molar-refractivity contribution in [1.29, 1.82) is 0 Å². The summed E-state index contributed by atoms with van der Waals surface area (Å²) in [4.78, 5) is 21.4. The van der Waals surface area contributed by atoms with E-state index < -0.39 is 12.2 Å². The van der Waals surface area contributed by atoms with Crippen molar-refractivity contribution in [2.24, 2.45) is 0 Å². The number of carbonyl (C=O) groups is 1. The van der Waals surface area contributed by atoms with Crippen LogP contribution in [0.5, 0.6) is 5.75 Å². The van der Waals surface area contributed by atoms with Gasteiger partial charge >= 0.3 is 5.97 Å². The summed E-state index contributed by atoms with van der Waals surface area (Å²) >= 11 is 0. The second-order valence-electron chi connectivity index (χ2n) is 5.74. The van der Waals surface area contributed by atoms with Crippen molar-refractivity contribution in [2.45, 2.75) is 25.5 Å². The number of aromatic nitrogens is 2. The zero-order valence-corrected chi connectivity index (χ0v) is 12.9. The molecule has 0 amide bonds. The lowest BCUT2D eigenvalue weighted by molar-refractivity contribution is -0.162. The Labute approximate surface area is 138 Å². The number of ether oxygens (including phenoxy) is 1. The Morgan fingerprint density at radius 2 is 2.29 bits per heavy atom. The quantitative estimate of drug-likeness (QED) is 0.832. The maximum atomic E-state index is 11.6. The van der Waals surface area contributed by atoms with E-state index in [1.807, 2.05) is 24.3 Å². The number of nitrogens with zero attached hydrogens (tertiary/aromatic N) is 2. The highest BCUT2D eigenvalue weighted by Crippen LogP contribution is 2.29. The molecule has 0 spiro atoms. The van der Waals surface area contributed by atoms with Crippen molar-refractivity contribution in [1.82, 2.24) is 15.0 Å². The Morgan fingerprint density at radius 1 is 1.38 bits per heavy atom. The predicted molar refractivity (Wildman–Crippen MR) is 85.1 cm³/mol. The Kier molecular flexibility index (Phi) is 3.70. The number of hydroxylamine groups is 1. The first kappa shape index (κ1) is 14.8. The third-order valence-corrected chi connectivity index (χ3v) is 4.22.